The van der Waals surface area contributed by atoms with Gasteiger partial charge in [0.1, 0.15) is 0 Å². The van der Waals surface area contributed by atoms with Crippen molar-refractivity contribution in [1.29, 1.82) is 0 Å². The molecule has 0 aliphatic heterocycles. The maximum atomic E-state index is 12.4. The lowest BCUT2D eigenvalue weighted by molar-refractivity contribution is -0.137. The molecule has 0 amide bonds. The average Bonchev–Trinajstić information content (AvgIpc) is 2.36. The Balaban J connectivity index is 2.94. The molecule has 8 heteroatoms. The van der Waals surface area contributed by atoms with E-state index in [1.54, 1.807) is 13.8 Å². The van der Waals surface area contributed by atoms with Crippen molar-refractivity contribution in [2.24, 2.45) is 5.92 Å². The normalized spacial score (nSPS) is 15.9. The molecular weight excluding hydrogens is 295 g/mol. The van der Waals surface area contributed by atoms with E-state index in [2.05, 4.69) is 4.72 Å². The topological polar surface area (TPSA) is 66.4 Å². The van der Waals surface area contributed by atoms with Gasteiger partial charge in [-0.1, -0.05) is 6.92 Å². The summed E-state index contributed by atoms with van der Waals surface area (Å²) in [5, 5.41) is 8.94. The molecule has 0 saturated heterocycles. The summed E-state index contributed by atoms with van der Waals surface area (Å²) in [7, 11) is -3.91. The molecule has 0 aliphatic carbocycles. The van der Waals surface area contributed by atoms with Gasteiger partial charge in [0.05, 0.1) is 10.5 Å². The van der Waals surface area contributed by atoms with E-state index >= 15 is 0 Å². The monoisotopic (exact) mass is 311 g/mol. The summed E-state index contributed by atoms with van der Waals surface area (Å²) in [5.74, 6) is -0.306. The van der Waals surface area contributed by atoms with Gasteiger partial charge in [0, 0.05) is 12.6 Å². The number of nitrogens with one attached hydrogen (secondary N) is 1. The van der Waals surface area contributed by atoms with Crippen molar-refractivity contribution in [1.82, 2.24) is 4.72 Å². The van der Waals surface area contributed by atoms with Gasteiger partial charge in [-0.05, 0) is 37.1 Å². The molecule has 0 bridgehead atoms. The molecule has 0 aromatic heterocycles. The highest BCUT2D eigenvalue weighted by Gasteiger charge is 2.30. The van der Waals surface area contributed by atoms with Gasteiger partial charge >= 0.3 is 6.18 Å². The number of aliphatic hydroxyl groups is 1. The zero-order valence-corrected chi connectivity index (χ0v) is 11.8. The Labute approximate surface area is 115 Å². The molecule has 1 aromatic carbocycles. The van der Waals surface area contributed by atoms with Gasteiger partial charge in [-0.25, -0.2) is 13.1 Å². The van der Waals surface area contributed by atoms with E-state index in [0.29, 0.717) is 12.1 Å². The summed E-state index contributed by atoms with van der Waals surface area (Å²) in [5.41, 5.74) is -0.909. The van der Waals surface area contributed by atoms with Crippen LogP contribution in [0.3, 0.4) is 0 Å². The Morgan fingerprint density at radius 1 is 1.20 bits per heavy atom. The molecule has 2 N–H and O–H groups in total. The standard InChI is InChI=1S/C12H16F3NO3S/c1-8(7-17)9(2)16-20(18,19)11-5-3-10(4-6-11)12(13,14)15/h3-6,8-9,16-17H,7H2,1-2H3. The van der Waals surface area contributed by atoms with Gasteiger partial charge in [0.25, 0.3) is 0 Å². The second kappa shape index (κ2) is 6.11. The van der Waals surface area contributed by atoms with Crippen LogP contribution in [0.2, 0.25) is 0 Å². The highest BCUT2D eigenvalue weighted by molar-refractivity contribution is 7.89. The van der Waals surface area contributed by atoms with Crippen LogP contribution in [0.1, 0.15) is 19.4 Å². The molecule has 2 unspecified atom stereocenters. The Kier molecular flexibility index (Phi) is 5.17. The van der Waals surface area contributed by atoms with Crippen molar-refractivity contribution in [3.05, 3.63) is 29.8 Å². The molecule has 2 atom stereocenters. The van der Waals surface area contributed by atoms with Gasteiger partial charge in [-0.2, -0.15) is 13.2 Å². The fourth-order valence-corrected chi connectivity index (χ4v) is 2.76. The van der Waals surface area contributed by atoms with Crippen molar-refractivity contribution in [3.63, 3.8) is 0 Å². The fraction of sp³-hybridized carbons (Fsp3) is 0.500. The zero-order valence-electron chi connectivity index (χ0n) is 11.0. The Morgan fingerprint density at radius 2 is 1.70 bits per heavy atom. The molecule has 0 aliphatic rings. The number of benzene rings is 1. The van der Waals surface area contributed by atoms with Crippen LogP contribution in [0.4, 0.5) is 13.2 Å². The number of halogens is 3. The summed E-state index contributed by atoms with van der Waals surface area (Å²) < 4.78 is 63.4. The molecule has 20 heavy (non-hydrogen) atoms. The van der Waals surface area contributed by atoms with E-state index in [9.17, 15) is 21.6 Å². The predicted molar refractivity (Wildman–Crippen MR) is 67.5 cm³/mol. The van der Waals surface area contributed by atoms with Crippen LogP contribution in [0.5, 0.6) is 0 Å². The minimum atomic E-state index is -4.51. The average molecular weight is 311 g/mol. The second-order valence-electron chi connectivity index (χ2n) is 4.59. The highest BCUT2D eigenvalue weighted by atomic mass is 32.2. The molecule has 0 spiro atoms. The number of alkyl halides is 3. The third-order valence-corrected chi connectivity index (χ3v) is 4.55. The van der Waals surface area contributed by atoms with Gasteiger partial charge in [0.2, 0.25) is 10.0 Å². The number of rotatable bonds is 5. The lowest BCUT2D eigenvalue weighted by Gasteiger charge is -2.19. The molecular formula is C12H16F3NO3S. The van der Waals surface area contributed by atoms with Crippen LogP contribution < -0.4 is 4.72 Å². The van der Waals surface area contributed by atoms with Gasteiger partial charge in [0.15, 0.2) is 0 Å². The number of hydrogen-bond donors (Lipinski definition) is 2. The van der Waals surface area contributed by atoms with Crippen molar-refractivity contribution in [3.8, 4) is 0 Å². The third kappa shape index (κ3) is 4.19. The zero-order chi connectivity index (χ0) is 15.6. The fourth-order valence-electron chi connectivity index (χ4n) is 1.41. The summed E-state index contributed by atoms with van der Waals surface area (Å²) in [6.45, 7) is 3.03. The van der Waals surface area contributed by atoms with Gasteiger partial charge < -0.3 is 5.11 Å². The van der Waals surface area contributed by atoms with E-state index < -0.39 is 27.8 Å². The van der Waals surface area contributed by atoms with Crippen molar-refractivity contribution in [2.45, 2.75) is 31.0 Å². The van der Waals surface area contributed by atoms with Crippen LogP contribution in [0, 0.1) is 5.92 Å². The van der Waals surface area contributed by atoms with E-state index in [-0.39, 0.29) is 17.4 Å². The SMILES string of the molecule is CC(CO)C(C)NS(=O)(=O)c1ccc(C(F)(F)F)cc1. The van der Waals surface area contributed by atoms with Crippen LogP contribution in [0.25, 0.3) is 0 Å². The van der Waals surface area contributed by atoms with Crippen molar-refractivity contribution in [2.75, 3.05) is 6.61 Å². The van der Waals surface area contributed by atoms with Gasteiger partial charge in [-0.3, -0.25) is 0 Å². The summed E-state index contributed by atoms with van der Waals surface area (Å²) in [6.07, 6.45) is -4.51. The molecule has 4 nitrogen and oxygen atoms in total. The first-order valence-corrected chi connectivity index (χ1v) is 7.36. The summed E-state index contributed by atoms with van der Waals surface area (Å²) >= 11 is 0. The van der Waals surface area contributed by atoms with E-state index in [0.717, 1.165) is 12.1 Å². The molecule has 1 aromatic rings. The number of hydrogen-bond acceptors (Lipinski definition) is 3. The van der Waals surface area contributed by atoms with E-state index in [1.165, 1.54) is 0 Å². The molecule has 1 rings (SSSR count). The molecule has 0 saturated carbocycles. The summed E-state index contributed by atoms with van der Waals surface area (Å²) in [6, 6.07) is 2.71. The first-order chi connectivity index (χ1) is 9.08. The predicted octanol–water partition coefficient (Wildman–Crippen LogP) is 2.00. The Bertz CT molecular complexity index is 540. The molecule has 114 valence electrons. The second-order valence-corrected chi connectivity index (χ2v) is 6.31. The molecule has 0 radical (unpaired) electrons. The first kappa shape index (κ1) is 16.9. The van der Waals surface area contributed by atoms with E-state index in [4.69, 9.17) is 5.11 Å². The van der Waals surface area contributed by atoms with Crippen LogP contribution >= 0.6 is 0 Å². The maximum Gasteiger partial charge on any atom is 0.416 e. The van der Waals surface area contributed by atoms with Crippen molar-refractivity contribution >= 4 is 10.0 Å². The Morgan fingerprint density at radius 3 is 2.10 bits per heavy atom. The minimum absolute atomic E-state index is 0.198. The third-order valence-electron chi connectivity index (χ3n) is 2.97. The lowest BCUT2D eigenvalue weighted by atomic mass is 10.1. The van der Waals surface area contributed by atoms with E-state index in [1.807, 2.05) is 0 Å². The maximum absolute atomic E-state index is 12.4. The molecule has 0 fully saturated rings. The largest absolute Gasteiger partial charge is 0.416 e. The smallest absolute Gasteiger partial charge is 0.396 e. The Hall–Kier alpha value is -1.12. The van der Waals surface area contributed by atoms with Crippen LogP contribution in [-0.4, -0.2) is 26.2 Å². The van der Waals surface area contributed by atoms with Crippen molar-refractivity contribution < 1.29 is 26.7 Å². The first-order valence-electron chi connectivity index (χ1n) is 5.88. The minimum Gasteiger partial charge on any atom is -0.396 e. The van der Waals surface area contributed by atoms with Gasteiger partial charge in [-0.15, -0.1) is 0 Å². The summed E-state index contributed by atoms with van der Waals surface area (Å²) in [4.78, 5) is -0.248. The molecule has 0 heterocycles. The number of aliphatic hydroxyl groups excluding tert-OH is 1. The lowest BCUT2D eigenvalue weighted by Crippen LogP contribution is -2.38. The number of sulfonamides is 1. The highest BCUT2D eigenvalue weighted by Crippen LogP contribution is 2.29. The quantitative estimate of drug-likeness (QED) is 0.874. The van der Waals surface area contributed by atoms with Crippen LogP contribution in [-0.2, 0) is 16.2 Å². The van der Waals surface area contributed by atoms with Crippen LogP contribution in [0.15, 0.2) is 29.2 Å².